The second-order valence-corrected chi connectivity index (χ2v) is 25.3. The summed E-state index contributed by atoms with van der Waals surface area (Å²) < 4.78 is 140. The van der Waals surface area contributed by atoms with Gasteiger partial charge in [0.1, 0.15) is 53.0 Å². The molecule has 42 nitrogen and oxygen atoms in total. The van der Waals surface area contributed by atoms with E-state index in [0.29, 0.717) is 221 Å². The van der Waals surface area contributed by atoms with E-state index in [0.717, 1.165) is 6.08 Å². The van der Waals surface area contributed by atoms with Gasteiger partial charge in [0.05, 0.1) is 158 Å². The molecular formula is C91H160O42. The summed E-state index contributed by atoms with van der Waals surface area (Å²) in [6.07, 6.45) is 1.16. The van der Waals surface area contributed by atoms with Gasteiger partial charge in [-0.1, -0.05) is 72.4 Å². The van der Waals surface area contributed by atoms with Crippen molar-refractivity contribution in [3.05, 3.63) is 134 Å². The fourth-order valence-corrected chi connectivity index (χ4v) is 5.29. The van der Waals surface area contributed by atoms with Crippen LogP contribution in [-0.2, 0) is 190 Å². The number of methoxy groups -OCH3 is 6. The molecule has 0 aliphatic heterocycles. The number of ether oxygens (including phenoxy) is 29. The summed E-state index contributed by atoms with van der Waals surface area (Å²) in [4.78, 5) is 118. The number of aliphatic hydroxyl groups excluding tert-OH is 2. The van der Waals surface area contributed by atoms with Gasteiger partial charge < -0.3 is 148 Å². The molecule has 0 fully saturated rings. The molecule has 776 valence electrons. The van der Waals surface area contributed by atoms with Crippen LogP contribution in [0.25, 0.3) is 0 Å². The van der Waals surface area contributed by atoms with Gasteiger partial charge in [-0.05, 0) is 96.9 Å². The maximum absolute atomic E-state index is 11.0. The zero-order valence-electron chi connectivity index (χ0n) is 82.8. The van der Waals surface area contributed by atoms with Crippen molar-refractivity contribution in [2.75, 3.05) is 288 Å². The van der Waals surface area contributed by atoms with Crippen LogP contribution < -0.4 is 0 Å². The molecule has 0 bridgehead atoms. The number of rotatable bonds is 67. The third-order valence-corrected chi connectivity index (χ3v) is 11.9. The second-order valence-electron chi connectivity index (χ2n) is 25.3. The molecule has 0 aliphatic rings. The molecule has 2 N–H and O–H groups in total. The lowest BCUT2D eigenvalue weighted by Crippen LogP contribution is -2.14. The summed E-state index contributed by atoms with van der Waals surface area (Å²) in [5.74, 6) is -4.40. The van der Waals surface area contributed by atoms with E-state index in [9.17, 15) is 52.7 Å². The lowest BCUT2D eigenvalue weighted by Gasteiger charge is -2.07. The minimum atomic E-state index is -0.466. The molecule has 0 unspecified atom stereocenters. The Bertz CT molecular complexity index is 3020. The molecule has 0 amide bonds. The largest absolute Gasteiger partial charge is 0.460 e. The van der Waals surface area contributed by atoms with Gasteiger partial charge in [0, 0.05) is 118 Å². The van der Waals surface area contributed by atoms with Gasteiger partial charge in [-0.3, -0.25) is 0 Å². The Labute approximate surface area is 788 Å². The Kier molecular flexibility index (Phi) is 131. The molecular weight excluding hydrogens is 1760 g/mol. The monoisotopic (exact) mass is 1930 g/mol. The molecule has 0 heterocycles. The van der Waals surface area contributed by atoms with Crippen LogP contribution in [0, 0.1) is 0 Å². The van der Waals surface area contributed by atoms with E-state index < -0.39 is 41.8 Å². The highest BCUT2D eigenvalue weighted by Crippen LogP contribution is 2.00. The van der Waals surface area contributed by atoms with Crippen LogP contribution in [0.4, 0.5) is 0 Å². The van der Waals surface area contributed by atoms with Crippen LogP contribution in [-0.4, -0.2) is 370 Å². The summed E-state index contributed by atoms with van der Waals surface area (Å²) >= 11 is 0. The van der Waals surface area contributed by atoms with Crippen molar-refractivity contribution in [3.8, 4) is 0 Å². The quantitative estimate of drug-likeness (QED) is 0.0191. The minimum absolute atomic E-state index is 0.00333. The third-order valence-electron chi connectivity index (χ3n) is 11.9. The van der Waals surface area contributed by atoms with E-state index in [-0.39, 0.29) is 110 Å². The molecule has 0 aromatic rings. The Balaban J connectivity index is -0.000000138. The minimum Gasteiger partial charge on any atom is -0.460 e. The molecule has 133 heavy (non-hydrogen) atoms. The van der Waals surface area contributed by atoms with E-state index in [2.05, 4.69) is 115 Å². The van der Waals surface area contributed by atoms with Gasteiger partial charge in [-0.2, -0.15) is 0 Å². The summed E-state index contributed by atoms with van der Waals surface area (Å²) in [7, 11) is 9.19. The summed E-state index contributed by atoms with van der Waals surface area (Å²) in [6, 6.07) is 0. The van der Waals surface area contributed by atoms with Crippen molar-refractivity contribution in [2.45, 2.75) is 103 Å². The number of carbonyl (C=O) groups is 11. The van der Waals surface area contributed by atoms with Crippen LogP contribution in [0.1, 0.15) is 96.9 Å². The van der Waals surface area contributed by atoms with Gasteiger partial charge >= 0.3 is 65.7 Å². The van der Waals surface area contributed by atoms with Crippen LogP contribution in [0.5, 0.6) is 0 Å². The van der Waals surface area contributed by atoms with Crippen molar-refractivity contribution < 1.29 is 200 Å². The predicted octanol–water partition coefficient (Wildman–Crippen LogP) is 8.07. The lowest BCUT2D eigenvalue weighted by atomic mass is 10.4. The molecule has 0 rings (SSSR count). The summed E-state index contributed by atoms with van der Waals surface area (Å²) in [5.41, 5.74) is 3.92. The number of aliphatic hydroxyl groups is 2. The van der Waals surface area contributed by atoms with E-state index >= 15 is 0 Å². The van der Waals surface area contributed by atoms with Gasteiger partial charge in [0.2, 0.25) is 0 Å². The van der Waals surface area contributed by atoms with Gasteiger partial charge in [-0.25, -0.2) is 52.7 Å². The van der Waals surface area contributed by atoms with E-state index in [4.69, 9.17) is 105 Å². The maximum Gasteiger partial charge on any atom is 0.335 e. The predicted molar refractivity (Wildman–Crippen MR) is 491 cm³/mol. The molecule has 0 atom stereocenters. The Morgan fingerprint density at radius 2 is 0.414 bits per heavy atom. The van der Waals surface area contributed by atoms with Gasteiger partial charge in [0.15, 0.2) is 27.2 Å². The number of hydrogen-bond donors (Lipinski definition) is 2. The second kappa shape index (κ2) is 119. The molecule has 0 aromatic carbocycles. The zero-order valence-corrected chi connectivity index (χ0v) is 82.8. The smallest absolute Gasteiger partial charge is 0.335 e. The third kappa shape index (κ3) is 143. The molecule has 0 saturated carbocycles. The Hall–Kier alpha value is -9.49. The first-order valence-corrected chi connectivity index (χ1v) is 41.2. The van der Waals surface area contributed by atoms with Crippen molar-refractivity contribution >= 4 is 65.7 Å². The highest BCUT2D eigenvalue weighted by atomic mass is 16.7. The topological polar surface area (TPSA) is 496 Å². The first-order chi connectivity index (χ1) is 63.0. The standard InChI is InChI=1S/C12H22O6.C11H20O5.C10H18O5.C9H16O4.C8H14O4.2C8H14O3.2C7H12O3.C6H10O3.C5H8O3/c1-11(2)12(14)18-10-9-17-8-7-16-6-5-15-4-3-13;1-10(2)11(12)16-9-8-15-7-6-14-5-4-13-3;1-9(2)10(12)15-8-7-14-6-5-13-4-3-11;1-8(2)9(10)13-7-6-12-5-4-11-3;1-7(2)8(9)12-5-4-11-6-10-3;1-6(2)8(9)11-5-10-7(3)4;1-4-10-5-6-11-8(9)7(2)3;1-6(2)7(8)10-5-4-9-3;1-4-9-5-10-7(8)6(2)3;1-5(2)6(7)9-4-8-3;1-3-5(6)8-4-7-2/h13H,1,3-10H2,2H3;1,4-9H2,2-3H3;11H,1,3-8H2,2H3;1,4-7H2,2-3H3;1,4-6H2,2-3H3;7H,1,5H2,2-4H3;2,4-6H2,1,3H3;1,4-5H2,2-3H3;2,4-5H2,1,3H3;1,4H2,2-3H3;3H,1,4H2,2H3. The number of esters is 11. The number of carbonyl (C=O) groups excluding carboxylic acids is 11. The molecule has 42 heteroatoms. The normalized spacial score (nSPS) is 9.56. The highest BCUT2D eigenvalue weighted by Gasteiger charge is 2.10. The van der Waals surface area contributed by atoms with Crippen molar-refractivity contribution in [1.29, 1.82) is 0 Å². The van der Waals surface area contributed by atoms with Gasteiger partial charge in [0.25, 0.3) is 0 Å². The van der Waals surface area contributed by atoms with E-state index in [1.54, 1.807) is 90.6 Å². The summed E-state index contributed by atoms with van der Waals surface area (Å²) in [5, 5.41) is 16.8. The van der Waals surface area contributed by atoms with Gasteiger partial charge in [-0.15, -0.1) is 0 Å². The molecule has 0 aliphatic carbocycles. The molecule has 0 aromatic heterocycles. The first-order valence-electron chi connectivity index (χ1n) is 41.2. The van der Waals surface area contributed by atoms with E-state index in [1.165, 1.54) is 21.3 Å². The molecule has 0 saturated heterocycles. The highest BCUT2D eigenvalue weighted by molar-refractivity contribution is 5.90. The molecule has 0 radical (unpaired) electrons. The van der Waals surface area contributed by atoms with Crippen LogP contribution in [0.3, 0.4) is 0 Å². The van der Waals surface area contributed by atoms with E-state index in [1.807, 2.05) is 27.7 Å². The average Bonchev–Trinajstić information content (AvgIpc) is 0.989. The van der Waals surface area contributed by atoms with Crippen molar-refractivity contribution in [3.63, 3.8) is 0 Å². The van der Waals surface area contributed by atoms with Crippen molar-refractivity contribution in [1.82, 2.24) is 0 Å². The number of hydrogen-bond acceptors (Lipinski definition) is 42. The van der Waals surface area contributed by atoms with Crippen LogP contribution >= 0.6 is 0 Å². The Morgan fingerprint density at radius 1 is 0.226 bits per heavy atom. The average molecular weight is 1930 g/mol. The molecule has 0 spiro atoms. The maximum atomic E-state index is 11.0. The van der Waals surface area contributed by atoms with Crippen LogP contribution in [0.15, 0.2) is 134 Å². The fourth-order valence-electron chi connectivity index (χ4n) is 5.29. The van der Waals surface area contributed by atoms with Crippen LogP contribution in [0.2, 0.25) is 0 Å². The van der Waals surface area contributed by atoms with Crippen molar-refractivity contribution in [2.24, 2.45) is 0 Å². The fraction of sp³-hybridized carbons (Fsp3) is 0.637. The SMILES string of the molecule is C=C(C)C(=O)OCCOC.C=C(C)C(=O)OCCOCC.C=C(C)C(=O)OCCOCCOC.C=C(C)C(=O)OCCOCCOCCO.C=C(C)C(=O)OCCOCCOCCOC.C=C(C)C(=O)OCCOCCOCCOCCO.C=C(C)C(=O)OCCOCOC.C=C(C)C(=O)OCOC.C=C(C)C(=O)OCOC(C)C.C=C(C)C(=O)OCOCC.C=CC(=O)OCOC. The summed E-state index contributed by atoms with van der Waals surface area (Å²) in [6.45, 7) is 73.3. The first kappa shape index (κ1) is 146. The Morgan fingerprint density at radius 3 is 0.632 bits per heavy atom. The zero-order chi connectivity index (χ0) is 104. The lowest BCUT2D eigenvalue weighted by molar-refractivity contribution is -0.155.